The third-order valence-corrected chi connectivity index (χ3v) is 4.27. The largest absolute Gasteiger partial charge is 0.349 e. The number of rotatable bonds is 7. The number of carbonyl (C=O) groups is 1. The average molecular weight is 347 g/mol. The zero-order valence-electron chi connectivity index (χ0n) is 15.3. The molecule has 0 spiro atoms. The van der Waals surface area contributed by atoms with E-state index in [1.807, 2.05) is 54.7 Å². The smallest absolute Gasteiger partial charge is 0.225 e. The Labute approximate surface area is 154 Å². The summed E-state index contributed by atoms with van der Waals surface area (Å²) in [6, 6.07) is 20.1. The van der Waals surface area contributed by atoms with E-state index in [9.17, 15) is 4.79 Å². The van der Waals surface area contributed by atoms with Gasteiger partial charge in [0.25, 0.3) is 0 Å². The summed E-state index contributed by atoms with van der Waals surface area (Å²) in [6.45, 7) is 4.35. The van der Waals surface area contributed by atoms with Crippen LogP contribution in [0, 0.1) is 5.92 Å². The molecule has 0 fully saturated rings. The Morgan fingerprint density at radius 1 is 1.04 bits per heavy atom. The molecule has 3 rings (SSSR count). The molecule has 0 saturated heterocycles. The van der Waals surface area contributed by atoms with Gasteiger partial charge in [-0.05, 0) is 35.6 Å². The van der Waals surface area contributed by atoms with E-state index in [-0.39, 0.29) is 11.9 Å². The van der Waals surface area contributed by atoms with Gasteiger partial charge in [0.15, 0.2) is 0 Å². The van der Waals surface area contributed by atoms with Crippen molar-refractivity contribution >= 4 is 5.91 Å². The van der Waals surface area contributed by atoms with Gasteiger partial charge >= 0.3 is 0 Å². The fourth-order valence-corrected chi connectivity index (χ4v) is 3.04. The fraction of sp³-hybridized carbons (Fsp3) is 0.273. The number of para-hydroxylation sites is 1. The summed E-state index contributed by atoms with van der Waals surface area (Å²) in [7, 11) is 0. The zero-order chi connectivity index (χ0) is 18.4. The molecule has 1 aromatic heterocycles. The standard InChI is InChI=1S/C22H25N3O/c1-17(2)13-21(19-9-5-3-6-10-19)24-22(26)14-18-15-23-25(16-18)20-11-7-4-8-12-20/h3-12,15-17,21H,13-14H2,1-2H3,(H,24,26)/t21-/m0/s1. The molecule has 4 nitrogen and oxygen atoms in total. The molecule has 0 aliphatic rings. The molecule has 1 N–H and O–H groups in total. The predicted molar refractivity (Wildman–Crippen MR) is 104 cm³/mol. The molecular formula is C22H25N3O. The van der Waals surface area contributed by atoms with Gasteiger partial charge in [-0.15, -0.1) is 0 Å². The van der Waals surface area contributed by atoms with Gasteiger partial charge in [-0.2, -0.15) is 5.10 Å². The Hall–Kier alpha value is -2.88. The van der Waals surface area contributed by atoms with E-state index in [0.717, 1.165) is 23.2 Å². The van der Waals surface area contributed by atoms with E-state index >= 15 is 0 Å². The minimum absolute atomic E-state index is 0.0205. The maximum Gasteiger partial charge on any atom is 0.225 e. The Balaban J connectivity index is 1.66. The molecule has 0 radical (unpaired) electrons. The van der Waals surface area contributed by atoms with Crippen molar-refractivity contribution in [1.82, 2.24) is 15.1 Å². The molecule has 1 amide bonds. The van der Waals surface area contributed by atoms with Crippen LogP contribution in [-0.2, 0) is 11.2 Å². The third-order valence-electron chi connectivity index (χ3n) is 4.27. The van der Waals surface area contributed by atoms with Crippen LogP contribution in [0.1, 0.15) is 37.4 Å². The summed E-state index contributed by atoms with van der Waals surface area (Å²) < 4.78 is 1.80. The SMILES string of the molecule is CC(C)C[C@H](NC(=O)Cc1cnn(-c2ccccc2)c1)c1ccccc1. The Bertz CT molecular complexity index is 825. The van der Waals surface area contributed by atoms with E-state index in [4.69, 9.17) is 0 Å². The third kappa shape index (κ3) is 4.82. The van der Waals surface area contributed by atoms with Crippen LogP contribution in [0.4, 0.5) is 0 Å². The van der Waals surface area contributed by atoms with Gasteiger partial charge in [-0.1, -0.05) is 62.4 Å². The second-order valence-electron chi connectivity index (χ2n) is 6.97. The van der Waals surface area contributed by atoms with Gasteiger partial charge in [0, 0.05) is 6.20 Å². The molecule has 4 heteroatoms. The van der Waals surface area contributed by atoms with Gasteiger partial charge in [0.05, 0.1) is 24.3 Å². The lowest BCUT2D eigenvalue weighted by Crippen LogP contribution is -2.30. The highest BCUT2D eigenvalue weighted by atomic mass is 16.1. The molecule has 2 aromatic carbocycles. The first kappa shape index (κ1) is 17.9. The summed E-state index contributed by atoms with van der Waals surface area (Å²) in [5.74, 6) is 0.522. The number of hydrogen-bond donors (Lipinski definition) is 1. The summed E-state index contributed by atoms with van der Waals surface area (Å²) >= 11 is 0. The van der Waals surface area contributed by atoms with Crippen molar-refractivity contribution in [3.05, 3.63) is 84.2 Å². The topological polar surface area (TPSA) is 46.9 Å². The van der Waals surface area contributed by atoms with Crippen LogP contribution < -0.4 is 5.32 Å². The molecule has 0 unspecified atom stereocenters. The van der Waals surface area contributed by atoms with Crippen molar-refractivity contribution in [1.29, 1.82) is 0 Å². The number of aromatic nitrogens is 2. The second-order valence-corrected chi connectivity index (χ2v) is 6.97. The average Bonchev–Trinajstić information content (AvgIpc) is 3.10. The number of carbonyl (C=O) groups excluding carboxylic acids is 1. The molecule has 3 aromatic rings. The minimum atomic E-state index is 0.0205. The first-order valence-corrected chi connectivity index (χ1v) is 9.05. The lowest BCUT2D eigenvalue weighted by atomic mass is 9.97. The van der Waals surface area contributed by atoms with Gasteiger partial charge in [0.2, 0.25) is 5.91 Å². The quantitative estimate of drug-likeness (QED) is 0.692. The van der Waals surface area contributed by atoms with Crippen LogP contribution in [0.5, 0.6) is 0 Å². The van der Waals surface area contributed by atoms with Crippen molar-refractivity contribution in [3.8, 4) is 5.69 Å². The Morgan fingerprint density at radius 2 is 1.69 bits per heavy atom. The first-order valence-electron chi connectivity index (χ1n) is 9.05. The zero-order valence-corrected chi connectivity index (χ0v) is 15.3. The minimum Gasteiger partial charge on any atom is -0.349 e. The highest BCUT2D eigenvalue weighted by Gasteiger charge is 2.16. The van der Waals surface area contributed by atoms with Crippen LogP contribution in [0.15, 0.2) is 73.1 Å². The number of hydrogen-bond acceptors (Lipinski definition) is 2. The van der Waals surface area contributed by atoms with Crippen molar-refractivity contribution in [2.75, 3.05) is 0 Å². The number of amides is 1. The van der Waals surface area contributed by atoms with Crippen LogP contribution >= 0.6 is 0 Å². The number of benzene rings is 2. The maximum absolute atomic E-state index is 12.6. The van der Waals surface area contributed by atoms with Gasteiger partial charge in [-0.3, -0.25) is 4.79 Å². The van der Waals surface area contributed by atoms with Gasteiger partial charge in [0.1, 0.15) is 0 Å². The summed E-state index contributed by atoms with van der Waals surface area (Å²) in [5, 5.41) is 7.55. The predicted octanol–water partition coefficient (Wildman–Crippen LogP) is 4.32. The van der Waals surface area contributed by atoms with Gasteiger partial charge < -0.3 is 5.32 Å². The molecule has 0 aliphatic heterocycles. The van der Waals surface area contributed by atoms with Crippen molar-refractivity contribution in [3.63, 3.8) is 0 Å². The Kier molecular flexibility index (Phi) is 5.84. The van der Waals surface area contributed by atoms with Crippen molar-refractivity contribution in [2.24, 2.45) is 5.92 Å². The lowest BCUT2D eigenvalue weighted by molar-refractivity contribution is -0.121. The van der Waals surface area contributed by atoms with E-state index in [2.05, 4.69) is 36.4 Å². The summed E-state index contributed by atoms with van der Waals surface area (Å²) in [5.41, 5.74) is 3.04. The van der Waals surface area contributed by atoms with Crippen LogP contribution in [-0.4, -0.2) is 15.7 Å². The molecule has 1 atom stereocenters. The molecule has 0 bridgehead atoms. The molecular weight excluding hydrogens is 322 g/mol. The molecule has 1 heterocycles. The van der Waals surface area contributed by atoms with E-state index < -0.39 is 0 Å². The molecule has 0 aliphatic carbocycles. The highest BCUT2D eigenvalue weighted by Crippen LogP contribution is 2.21. The van der Waals surface area contributed by atoms with Crippen LogP contribution in [0.25, 0.3) is 5.69 Å². The van der Waals surface area contributed by atoms with E-state index in [0.29, 0.717) is 12.3 Å². The number of nitrogens with zero attached hydrogens (tertiary/aromatic N) is 2. The molecule has 0 saturated carbocycles. The highest BCUT2D eigenvalue weighted by molar-refractivity contribution is 5.78. The van der Waals surface area contributed by atoms with Crippen molar-refractivity contribution in [2.45, 2.75) is 32.7 Å². The summed E-state index contributed by atoms with van der Waals surface area (Å²) in [4.78, 5) is 12.6. The van der Waals surface area contributed by atoms with Crippen LogP contribution in [0.3, 0.4) is 0 Å². The monoisotopic (exact) mass is 347 g/mol. The second kappa shape index (κ2) is 8.48. The first-order chi connectivity index (χ1) is 12.6. The summed E-state index contributed by atoms with van der Waals surface area (Å²) in [6.07, 6.45) is 4.91. The molecule has 26 heavy (non-hydrogen) atoms. The lowest BCUT2D eigenvalue weighted by Gasteiger charge is -2.21. The maximum atomic E-state index is 12.6. The van der Waals surface area contributed by atoms with Crippen LogP contribution in [0.2, 0.25) is 0 Å². The normalized spacial score (nSPS) is 12.1. The van der Waals surface area contributed by atoms with E-state index in [1.165, 1.54) is 0 Å². The Morgan fingerprint density at radius 3 is 2.35 bits per heavy atom. The van der Waals surface area contributed by atoms with Crippen molar-refractivity contribution < 1.29 is 4.79 Å². The van der Waals surface area contributed by atoms with Gasteiger partial charge in [-0.25, -0.2) is 4.68 Å². The van der Waals surface area contributed by atoms with E-state index in [1.54, 1.807) is 10.9 Å². The number of nitrogens with one attached hydrogen (secondary N) is 1. The fourth-order valence-electron chi connectivity index (χ4n) is 3.04. The molecule has 134 valence electrons.